The molecule has 106 valence electrons. The minimum absolute atomic E-state index is 0.00357. The van der Waals surface area contributed by atoms with Gasteiger partial charge in [-0.25, -0.2) is 9.97 Å². The van der Waals surface area contributed by atoms with Gasteiger partial charge < -0.3 is 15.7 Å². The first-order valence-corrected chi connectivity index (χ1v) is 6.74. The summed E-state index contributed by atoms with van der Waals surface area (Å²) < 4.78 is 0. The Morgan fingerprint density at radius 1 is 1.15 bits per heavy atom. The molecule has 3 N–H and O–H groups in total. The largest absolute Gasteiger partial charge is 0.394 e. The topological polar surface area (TPSA) is 70.1 Å². The molecule has 0 bridgehead atoms. The lowest BCUT2D eigenvalue weighted by atomic mass is 10.1. The van der Waals surface area contributed by atoms with E-state index in [0.29, 0.717) is 11.6 Å². The minimum atomic E-state index is -0.181. The average molecular weight is 272 g/mol. The quantitative estimate of drug-likeness (QED) is 0.753. The summed E-state index contributed by atoms with van der Waals surface area (Å²) in [6.07, 6.45) is 0. The molecule has 2 aromatic rings. The van der Waals surface area contributed by atoms with Crippen LogP contribution in [0, 0.1) is 6.92 Å². The van der Waals surface area contributed by atoms with Crippen molar-refractivity contribution in [3.8, 4) is 0 Å². The molecule has 5 heteroatoms. The Labute approximate surface area is 119 Å². The maximum Gasteiger partial charge on any atom is 0.132 e. The third kappa shape index (κ3) is 3.68. The number of hydrogen-bond acceptors (Lipinski definition) is 5. The van der Waals surface area contributed by atoms with E-state index in [1.165, 1.54) is 0 Å². The van der Waals surface area contributed by atoms with Crippen molar-refractivity contribution in [3.05, 3.63) is 47.8 Å². The van der Waals surface area contributed by atoms with Crippen LogP contribution in [0.15, 0.2) is 36.4 Å². The minimum Gasteiger partial charge on any atom is -0.394 e. The number of anilines is 2. The van der Waals surface area contributed by atoms with Gasteiger partial charge in [-0.3, -0.25) is 0 Å². The molecule has 0 saturated heterocycles. The van der Waals surface area contributed by atoms with Gasteiger partial charge in [-0.05, 0) is 19.4 Å². The molecule has 1 aromatic heterocycles. The monoisotopic (exact) mass is 272 g/mol. The highest BCUT2D eigenvalue weighted by molar-refractivity contribution is 5.48. The van der Waals surface area contributed by atoms with Crippen molar-refractivity contribution < 1.29 is 5.11 Å². The van der Waals surface area contributed by atoms with Crippen LogP contribution in [0.3, 0.4) is 0 Å². The smallest absolute Gasteiger partial charge is 0.132 e. The van der Waals surface area contributed by atoms with Crippen LogP contribution >= 0.6 is 0 Å². The van der Waals surface area contributed by atoms with Crippen LogP contribution in [0.4, 0.5) is 11.6 Å². The zero-order valence-corrected chi connectivity index (χ0v) is 11.8. The lowest BCUT2D eigenvalue weighted by Crippen LogP contribution is -2.16. The first-order valence-electron chi connectivity index (χ1n) is 6.74. The molecule has 20 heavy (non-hydrogen) atoms. The number of aryl methyl sites for hydroxylation is 1. The Morgan fingerprint density at radius 2 is 1.85 bits per heavy atom. The molecule has 1 heterocycles. The summed E-state index contributed by atoms with van der Waals surface area (Å²) in [5.74, 6) is 2.18. The first-order chi connectivity index (χ1) is 9.72. The van der Waals surface area contributed by atoms with Crippen molar-refractivity contribution in [3.63, 3.8) is 0 Å². The van der Waals surface area contributed by atoms with E-state index in [1.807, 2.05) is 50.2 Å². The van der Waals surface area contributed by atoms with Crippen LogP contribution in [0.5, 0.6) is 0 Å². The second-order valence-electron chi connectivity index (χ2n) is 4.51. The molecule has 0 aliphatic rings. The number of rotatable bonds is 6. The van der Waals surface area contributed by atoms with E-state index >= 15 is 0 Å². The summed E-state index contributed by atoms with van der Waals surface area (Å²) >= 11 is 0. The summed E-state index contributed by atoms with van der Waals surface area (Å²) in [4.78, 5) is 8.66. The van der Waals surface area contributed by atoms with E-state index < -0.39 is 0 Å². The molecule has 0 fully saturated rings. The van der Waals surface area contributed by atoms with Crippen molar-refractivity contribution in [1.29, 1.82) is 0 Å². The summed E-state index contributed by atoms with van der Waals surface area (Å²) in [7, 11) is 0. The summed E-state index contributed by atoms with van der Waals surface area (Å²) in [5, 5.41) is 16.0. The SMILES string of the molecule is CCNc1cc(NC(CO)c2ccccc2)nc(C)n1. The third-order valence-electron chi connectivity index (χ3n) is 2.90. The van der Waals surface area contributed by atoms with E-state index in [9.17, 15) is 5.11 Å². The zero-order chi connectivity index (χ0) is 14.4. The van der Waals surface area contributed by atoms with Gasteiger partial charge in [0.05, 0.1) is 12.6 Å². The fourth-order valence-electron chi connectivity index (χ4n) is 2.01. The molecule has 0 spiro atoms. The normalized spacial score (nSPS) is 11.9. The van der Waals surface area contributed by atoms with Gasteiger partial charge in [0.25, 0.3) is 0 Å². The lowest BCUT2D eigenvalue weighted by molar-refractivity contribution is 0.276. The number of hydrogen-bond donors (Lipinski definition) is 3. The number of benzene rings is 1. The van der Waals surface area contributed by atoms with Gasteiger partial charge in [0, 0.05) is 12.6 Å². The van der Waals surface area contributed by atoms with E-state index in [2.05, 4.69) is 20.6 Å². The molecule has 0 amide bonds. The van der Waals surface area contributed by atoms with Gasteiger partial charge >= 0.3 is 0 Å². The summed E-state index contributed by atoms with van der Waals surface area (Å²) in [5.41, 5.74) is 1.02. The number of aliphatic hydroxyl groups is 1. The zero-order valence-electron chi connectivity index (χ0n) is 11.8. The van der Waals surface area contributed by atoms with Crippen molar-refractivity contribution in [1.82, 2.24) is 9.97 Å². The Kier molecular flexibility index (Phi) is 4.90. The van der Waals surface area contributed by atoms with Crippen molar-refractivity contribution >= 4 is 11.6 Å². The second kappa shape index (κ2) is 6.86. The molecular formula is C15H20N4O. The predicted octanol–water partition coefficient (Wildman–Crippen LogP) is 2.36. The summed E-state index contributed by atoms with van der Waals surface area (Å²) in [6.45, 7) is 4.68. The van der Waals surface area contributed by atoms with Crippen LogP contribution < -0.4 is 10.6 Å². The van der Waals surface area contributed by atoms with Crippen LogP contribution in [-0.2, 0) is 0 Å². The van der Waals surface area contributed by atoms with Crippen molar-refractivity contribution in [2.45, 2.75) is 19.9 Å². The van der Waals surface area contributed by atoms with E-state index in [1.54, 1.807) is 0 Å². The molecule has 0 radical (unpaired) electrons. The Balaban J connectivity index is 2.19. The van der Waals surface area contributed by atoms with Gasteiger partial charge in [-0.1, -0.05) is 30.3 Å². The molecule has 1 unspecified atom stereocenters. The van der Waals surface area contributed by atoms with Gasteiger partial charge in [0.1, 0.15) is 17.5 Å². The highest BCUT2D eigenvalue weighted by Crippen LogP contribution is 2.19. The van der Waals surface area contributed by atoms with Gasteiger partial charge in [-0.2, -0.15) is 0 Å². The maximum absolute atomic E-state index is 9.56. The van der Waals surface area contributed by atoms with Gasteiger partial charge in [-0.15, -0.1) is 0 Å². The molecule has 0 saturated carbocycles. The number of nitrogens with one attached hydrogen (secondary N) is 2. The van der Waals surface area contributed by atoms with E-state index in [-0.39, 0.29) is 12.6 Å². The highest BCUT2D eigenvalue weighted by atomic mass is 16.3. The second-order valence-corrected chi connectivity index (χ2v) is 4.51. The van der Waals surface area contributed by atoms with Crippen LogP contribution in [0.25, 0.3) is 0 Å². The fraction of sp³-hybridized carbons (Fsp3) is 0.333. The van der Waals surface area contributed by atoms with Crippen LogP contribution in [0.2, 0.25) is 0 Å². The molecule has 0 aliphatic heterocycles. The standard InChI is InChI=1S/C15H20N4O/c1-3-16-14-9-15(18-11(2)17-14)19-13(10-20)12-7-5-4-6-8-12/h4-9,13,20H,3,10H2,1-2H3,(H2,16,17,18,19). The average Bonchev–Trinajstić information content (AvgIpc) is 2.45. The maximum atomic E-state index is 9.56. The molecule has 2 rings (SSSR count). The Hall–Kier alpha value is -2.14. The molecule has 1 atom stereocenters. The van der Waals surface area contributed by atoms with Gasteiger partial charge in [0.15, 0.2) is 0 Å². The number of nitrogens with zero attached hydrogens (tertiary/aromatic N) is 2. The highest BCUT2D eigenvalue weighted by Gasteiger charge is 2.11. The third-order valence-corrected chi connectivity index (χ3v) is 2.90. The van der Waals surface area contributed by atoms with Crippen LogP contribution in [0.1, 0.15) is 24.4 Å². The molecule has 5 nitrogen and oxygen atoms in total. The van der Waals surface area contributed by atoms with E-state index in [4.69, 9.17) is 0 Å². The number of aromatic nitrogens is 2. The lowest BCUT2D eigenvalue weighted by Gasteiger charge is -2.18. The summed E-state index contributed by atoms with van der Waals surface area (Å²) in [6, 6.07) is 11.5. The fourth-order valence-corrected chi connectivity index (χ4v) is 2.01. The first kappa shape index (κ1) is 14.3. The molecule has 0 aliphatic carbocycles. The Bertz CT molecular complexity index is 545. The molecule has 1 aromatic carbocycles. The predicted molar refractivity (Wildman–Crippen MR) is 80.8 cm³/mol. The Morgan fingerprint density at radius 3 is 2.50 bits per heavy atom. The van der Waals surface area contributed by atoms with Crippen LogP contribution in [-0.4, -0.2) is 28.2 Å². The van der Waals surface area contributed by atoms with E-state index in [0.717, 1.165) is 17.9 Å². The van der Waals surface area contributed by atoms with Crippen molar-refractivity contribution in [2.75, 3.05) is 23.8 Å². The van der Waals surface area contributed by atoms with Crippen molar-refractivity contribution in [2.24, 2.45) is 0 Å². The number of aliphatic hydroxyl groups excluding tert-OH is 1. The van der Waals surface area contributed by atoms with Gasteiger partial charge in [0.2, 0.25) is 0 Å². The molecular weight excluding hydrogens is 252 g/mol.